The molecule has 2 aromatic rings. The van der Waals surface area contributed by atoms with Gasteiger partial charge < -0.3 is 14.5 Å². The summed E-state index contributed by atoms with van der Waals surface area (Å²) < 4.78 is 4.99. The zero-order valence-electron chi connectivity index (χ0n) is 16.5. The van der Waals surface area contributed by atoms with Crippen LogP contribution >= 0.6 is 0 Å². The number of hydrogen-bond donors (Lipinski definition) is 0. The van der Waals surface area contributed by atoms with E-state index in [1.807, 2.05) is 41.3 Å². The lowest BCUT2D eigenvalue weighted by atomic mass is 9.95. The first-order valence-electron chi connectivity index (χ1n) is 9.85. The molecular weight excluding hydrogens is 354 g/mol. The number of anilines is 1. The first kappa shape index (κ1) is 19.9. The van der Waals surface area contributed by atoms with Crippen LogP contribution in [0.4, 0.5) is 5.82 Å². The summed E-state index contributed by atoms with van der Waals surface area (Å²) in [6.07, 6.45) is 2.34. The van der Waals surface area contributed by atoms with Crippen LogP contribution < -0.4 is 4.90 Å². The minimum Gasteiger partial charge on any atom is -0.462 e. The first-order valence-corrected chi connectivity index (χ1v) is 9.85. The van der Waals surface area contributed by atoms with E-state index in [0.29, 0.717) is 25.3 Å². The lowest BCUT2D eigenvalue weighted by Crippen LogP contribution is -2.50. The fraction of sp³-hybridized carbons (Fsp3) is 0.409. The van der Waals surface area contributed by atoms with Gasteiger partial charge in [-0.15, -0.1) is 0 Å². The Labute approximate surface area is 166 Å². The number of hydrogen-bond acceptors (Lipinski definition) is 5. The SMILES string of the molecule is CCOC(=O)c1ccc(N2CCN(C(=O)C(CC)c3ccccc3)CC2)nc1. The molecule has 1 unspecified atom stereocenters. The van der Waals surface area contributed by atoms with Crippen molar-refractivity contribution in [2.45, 2.75) is 26.2 Å². The number of carbonyl (C=O) groups excluding carboxylic acids is 2. The lowest BCUT2D eigenvalue weighted by molar-refractivity contribution is -0.133. The molecule has 3 rings (SSSR count). The average molecular weight is 381 g/mol. The van der Waals surface area contributed by atoms with Crippen LogP contribution in [0.3, 0.4) is 0 Å². The van der Waals surface area contributed by atoms with Gasteiger partial charge in [-0.1, -0.05) is 37.3 Å². The molecule has 1 amide bonds. The van der Waals surface area contributed by atoms with E-state index < -0.39 is 0 Å². The van der Waals surface area contributed by atoms with Crippen LogP contribution in [0.25, 0.3) is 0 Å². The van der Waals surface area contributed by atoms with Gasteiger partial charge in [-0.25, -0.2) is 9.78 Å². The summed E-state index contributed by atoms with van der Waals surface area (Å²) in [5.41, 5.74) is 1.53. The Hall–Kier alpha value is -2.89. The van der Waals surface area contributed by atoms with Gasteiger partial charge in [0.1, 0.15) is 5.82 Å². The Morgan fingerprint density at radius 3 is 2.32 bits per heavy atom. The van der Waals surface area contributed by atoms with Crippen molar-refractivity contribution in [1.29, 1.82) is 0 Å². The third kappa shape index (κ3) is 4.50. The van der Waals surface area contributed by atoms with E-state index in [4.69, 9.17) is 4.74 Å². The highest BCUT2D eigenvalue weighted by molar-refractivity contribution is 5.89. The number of ether oxygens (including phenoxy) is 1. The number of pyridine rings is 1. The summed E-state index contributed by atoms with van der Waals surface area (Å²) in [7, 11) is 0. The summed E-state index contributed by atoms with van der Waals surface area (Å²) in [6, 6.07) is 13.6. The number of rotatable bonds is 6. The molecule has 0 spiro atoms. The molecule has 28 heavy (non-hydrogen) atoms. The minimum atomic E-state index is -0.358. The number of piperazine rings is 1. The topological polar surface area (TPSA) is 62.7 Å². The van der Waals surface area contributed by atoms with E-state index in [1.165, 1.54) is 0 Å². The molecule has 1 aromatic heterocycles. The van der Waals surface area contributed by atoms with Crippen molar-refractivity contribution in [3.8, 4) is 0 Å². The molecular formula is C22H27N3O3. The van der Waals surface area contributed by atoms with Crippen LogP contribution in [0.2, 0.25) is 0 Å². The number of benzene rings is 1. The summed E-state index contributed by atoms with van der Waals surface area (Å²) in [6.45, 7) is 6.97. The second-order valence-corrected chi connectivity index (χ2v) is 6.81. The van der Waals surface area contributed by atoms with Crippen molar-refractivity contribution in [3.05, 3.63) is 59.8 Å². The van der Waals surface area contributed by atoms with Crippen LogP contribution in [0.1, 0.15) is 42.1 Å². The summed E-state index contributed by atoms with van der Waals surface area (Å²) in [5.74, 6) is 0.562. The maximum atomic E-state index is 13.0. The van der Waals surface area contributed by atoms with Crippen molar-refractivity contribution >= 4 is 17.7 Å². The Bertz CT molecular complexity index is 784. The Morgan fingerprint density at radius 2 is 1.75 bits per heavy atom. The second kappa shape index (κ2) is 9.35. The summed E-state index contributed by atoms with van der Waals surface area (Å²) in [5, 5.41) is 0. The molecule has 0 radical (unpaired) electrons. The van der Waals surface area contributed by atoms with Crippen molar-refractivity contribution in [1.82, 2.24) is 9.88 Å². The third-order valence-corrected chi connectivity index (χ3v) is 5.08. The predicted octanol–water partition coefficient (Wildman–Crippen LogP) is 3.10. The Morgan fingerprint density at radius 1 is 1.04 bits per heavy atom. The van der Waals surface area contributed by atoms with Gasteiger partial charge in [-0.05, 0) is 31.0 Å². The molecule has 6 heteroatoms. The van der Waals surface area contributed by atoms with Gasteiger partial charge in [-0.2, -0.15) is 0 Å². The molecule has 6 nitrogen and oxygen atoms in total. The molecule has 1 aliphatic heterocycles. The molecule has 1 fully saturated rings. The molecule has 148 valence electrons. The van der Waals surface area contributed by atoms with Crippen LogP contribution in [-0.4, -0.2) is 54.5 Å². The maximum Gasteiger partial charge on any atom is 0.339 e. The average Bonchev–Trinajstić information content (AvgIpc) is 2.75. The normalized spacial score (nSPS) is 15.2. The Kier molecular flexibility index (Phi) is 6.63. The van der Waals surface area contributed by atoms with Gasteiger partial charge in [0.15, 0.2) is 0 Å². The third-order valence-electron chi connectivity index (χ3n) is 5.08. The highest BCUT2D eigenvalue weighted by atomic mass is 16.5. The largest absolute Gasteiger partial charge is 0.462 e. The number of aromatic nitrogens is 1. The maximum absolute atomic E-state index is 13.0. The molecule has 2 heterocycles. The van der Waals surface area contributed by atoms with E-state index >= 15 is 0 Å². The number of amides is 1. The predicted molar refractivity (Wildman–Crippen MR) is 108 cm³/mol. The molecule has 1 aromatic carbocycles. The van der Waals surface area contributed by atoms with E-state index in [0.717, 1.165) is 30.9 Å². The number of carbonyl (C=O) groups is 2. The second-order valence-electron chi connectivity index (χ2n) is 6.81. The number of esters is 1. The lowest BCUT2D eigenvalue weighted by Gasteiger charge is -2.37. The molecule has 1 saturated heterocycles. The van der Waals surface area contributed by atoms with Crippen molar-refractivity contribution in [3.63, 3.8) is 0 Å². The van der Waals surface area contributed by atoms with E-state index in [-0.39, 0.29) is 17.8 Å². The molecule has 1 aliphatic rings. The fourth-order valence-electron chi connectivity index (χ4n) is 3.52. The zero-order chi connectivity index (χ0) is 19.9. The monoisotopic (exact) mass is 381 g/mol. The standard InChI is InChI=1S/C22H27N3O3/c1-3-19(17-8-6-5-7-9-17)21(26)25-14-12-24(13-15-25)20-11-10-18(16-23-20)22(27)28-4-2/h5-11,16,19H,3-4,12-15H2,1-2H3. The molecule has 0 bridgehead atoms. The van der Waals surface area contributed by atoms with E-state index in [2.05, 4.69) is 16.8 Å². The Balaban J connectivity index is 1.59. The molecule has 0 saturated carbocycles. The quantitative estimate of drug-likeness (QED) is 0.720. The van der Waals surface area contributed by atoms with E-state index in [1.54, 1.807) is 19.2 Å². The van der Waals surface area contributed by atoms with Gasteiger partial charge in [0, 0.05) is 32.4 Å². The summed E-state index contributed by atoms with van der Waals surface area (Å²) >= 11 is 0. The summed E-state index contributed by atoms with van der Waals surface area (Å²) in [4.78, 5) is 33.2. The van der Waals surface area contributed by atoms with Crippen LogP contribution in [-0.2, 0) is 9.53 Å². The van der Waals surface area contributed by atoms with Gasteiger partial charge in [-0.3, -0.25) is 4.79 Å². The minimum absolute atomic E-state index is 0.0882. The molecule has 0 aliphatic carbocycles. The first-order chi connectivity index (χ1) is 13.6. The van der Waals surface area contributed by atoms with Crippen LogP contribution in [0, 0.1) is 0 Å². The van der Waals surface area contributed by atoms with Crippen molar-refractivity contribution < 1.29 is 14.3 Å². The molecule has 0 N–H and O–H groups in total. The van der Waals surface area contributed by atoms with Crippen molar-refractivity contribution in [2.24, 2.45) is 0 Å². The zero-order valence-corrected chi connectivity index (χ0v) is 16.5. The molecule has 1 atom stereocenters. The van der Waals surface area contributed by atoms with Crippen LogP contribution in [0.5, 0.6) is 0 Å². The fourth-order valence-corrected chi connectivity index (χ4v) is 3.52. The smallest absolute Gasteiger partial charge is 0.339 e. The van der Waals surface area contributed by atoms with Gasteiger partial charge in [0.25, 0.3) is 0 Å². The van der Waals surface area contributed by atoms with E-state index in [9.17, 15) is 9.59 Å². The highest BCUT2D eigenvalue weighted by Crippen LogP contribution is 2.23. The number of nitrogens with zero attached hydrogens (tertiary/aromatic N) is 3. The van der Waals surface area contributed by atoms with Crippen LogP contribution in [0.15, 0.2) is 48.7 Å². The van der Waals surface area contributed by atoms with Gasteiger partial charge in [0.05, 0.1) is 18.1 Å². The van der Waals surface area contributed by atoms with Gasteiger partial charge >= 0.3 is 5.97 Å². The van der Waals surface area contributed by atoms with Crippen molar-refractivity contribution in [2.75, 3.05) is 37.7 Å². The highest BCUT2D eigenvalue weighted by Gasteiger charge is 2.27. The van der Waals surface area contributed by atoms with Gasteiger partial charge in [0.2, 0.25) is 5.91 Å².